The molecule has 2 N–H and O–H groups in total. The van der Waals surface area contributed by atoms with E-state index in [1.54, 1.807) is 0 Å². The van der Waals surface area contributed by atoms with Gasteiger partial charge in [-0.2, -0.15) is 0 Å². The summed E-state index contributed by atoms with van der Waals surface area (Å²) in [5.74, 6) is 0.150. The van der Waals surface area contributed by atoms with Crippen molar-refractivity contribution in [1.29, 1.82) is 0 Å². The van der Waals surface area contributed by atoms with Crippen molar-refractivity contribution in [2.45, 2.75) is 18.9 Å². The van der Waals surface area contributed by atoms with Gasteiger partial charge < -0.3 is 29.9 Å². The first-order chi connectivity index (χ1) is 20.9. The fourth-order valence-electron chi connectivity index (χ4n) is 6.50. The maximum atomic E-state index is 14.5. The van der Waals surface area contributed by atoms with Gasteiger partial charge in [0.1, 0.15) is 6.04 Å². The normalized spacial score (nSPS) is 17.7. The number of para-hydroxylation sites is 2. The minimum Gasteiger partial charge on any atom is -0.368 e. The van der Waals surface area contributed by atoms with Crippen LogP contribution in [0, 0.1) is 5.92 Å². The minimum atomic E-state index is -0.746. The van der Waals surface area contributed by atoms with E-state index in [4.69, 9.17) is 11.6 Å². The van der Waals surface area contributed by atoms with E-state index in [-0.39, 0.29) is 17.9 Å². The van der Waals surface area contributed by atoms with E-state index in [9.17, 15) is 9.59 Å². The van der Waals surface area contributed by atoms with Gasteiger partial charge in [0.05, 0.1) is 0 Å². The standard InChI is InChI=1S/C34H39ClN6O2/c1-38(2)22-24-18-25-12-13-27(35)20-32(25)41(23-24)33(42)31(19-26-21-36-30-11-7-6-10-29(26)30)37-34(43)40-16-14-39(15-17-40)28-8-4-3-5-9-28/h3-13,20-21,24,31,36H,14-19,22-23H2,1-2H3,(H,37,43)/t24?,31-/m1/s1. The molecule has 2 aliphatic heterocycles. The van der Waals surface area contributed by atoms with Crippen molar-refractivity contribution in [1.82, 2.24) is 20.1 Å². The number of rotatable bonds is 7. The summed E-state index contributed by atoms with van der Waals surface area (Å²) in [4.78, 5) is 39.7. The molecule has 43 heavy (non-hydrogen) atoms. The topological polar surface area (TPSA) is 74.9 Å². The second-order valence-electron chi connectivity index (χ2n) is 11.9. The zero-order valence-corrected chi connectivity index (χ0v) is 25.6. The molecule has 0 spiro atoms. The Morgan fingerprint density at radius 3 is 2.51 bits per heavy atom. The van der Waals surface area contributed by atoms with Gasteiger partial charge in [-0.15, -0.1) is 0 Å². The number of amides is 3. The molecule has 8 nitrogen and oxygen atoms in total. The maximum Gasteiger partial charge on any atom is 0.318 e. The molecule has 1 saturated heterocycles. The van der Waals surface area contributed by atoms with E-state index in [2.05, 4.69) is 52.4 Å². The van der Waals surface area contributed by atoms with E-state index in [1.807, 2.05) is 70.6 Å². The number of fused-ring (bicyclic) bond motifs is 2. The number of urea groups is 1. The van der Waals surface area contributed by atoms with Crippen LogP contribution < -0.4 is 15.1 Å². The quantitative estimate of drug-likeness (QED) is 0.313. The first-order valence-corrected chi connectivity index (χ1v) is 15.4. The highest BCUT2D eigenvalue weighted by Gasteiger charge is 2.35. The second kappa shape index (κ2) is 12.7. The molecule has 1 aromatic heterocycles. The Hall–Kier alpha value is -4.01. The van der Waals surface area contributed by atoms with Crippen molar-refractivity contribution in [3.63, 3.8) is 0 Å². The van der Waals surface area contributed by atoms with E-state index < -0.39 is 6.04 Å². The molecule has 6 rings (SSSR count). The molecule has 0 saturated carbocycles. The highest BCUT2D eigenvalue weighted by atomic mass is 35.5. The molecular formula is C34H39ClN6O2. The molecule has 0 radical (unpaired) electrons. The average molecular weight is 599 g/mol. The Morgan fingerprint density at radius 1 is 1.00 bits per heavy atom. The molecule has 4 aromatic rings. The number of aromatic nitrogens is 1. The summed E-state index contributed by atoms with van der Waals surface area (Å²) in [6.07, 6.45) is 3.20. The monoisotopic (exact) mass is 598 g/mol. The van der Waals surface area contributed by atoms with Crippen LogP contribution in [0.4, 0.5) is 16.2 Å². The number of nitrogens with one attached hydrogen (secondary N) is 2. The van der Waals surface area contributed by atoms with Crippen LogP contribution in [-0.2, 0) is 17.6 Å². The van der Waals surface area contributed by atoms with Gasteiger partial charge in [-0.1, -0.05) is 54.1 Å². The van der Waals surface area contributed by atoms with Gasteiger partial charge in [-0.05, 0) is 67.9 Å². The van der Waals surface area contributed by atoms with E-state index >= 15 is 0 Å². The van der Waals surface area contributed by atoms with Crippen LogP contribution in [0.2, 0.25) is 5.02 Å². The highest BCUT2D eigenvalue weighted by Crippen LogP contribution is 2.33. The lowest BCUT2D eigenvalue weighted by Crippen LogP contribution is -2.58. The van der Waals surface area contributed by atoms with Crippen LogP contribution in [0.25, 0.3) is 10.9 Å². The fourth-order valence-corrected chi connectivity index (χ4v) is 6.66. The van der Waals surface area contributed by atoms with E-state index in [1.165, 1.54) is 0 Å². The third-order valence-electron chi connectivity index (χ3n) is 8.56. The Morgan fingerprint density at radius 2 is 1.74 bits per heavy atom. The van der Waals surface area contributed by atoms with Gasteiger partial charge in [0.15, 0.2) is 0 Å². The molecule has 3 amide bonds. The van der Waals surface area contributed by atoms with Crippen LogP contribution in [0.1, 0.15) is 11.1 Å². The number of carbonyl (C=O) groups excluding carboxylic acids is 2. The van der Waals surface area contributed by atoms with Crippen LogP contribution in [0.3, 0.4) is 0 Å². The zero-order chi connectivity index (χ0) is 29.9. The van der Waals surface area contributed by atoms with Gasteiger partial charge in [0, 0.05) is 79.2 Å². The number of hydrogen-bond donors (Lipinski definition) is 2. The van der Waals surface area contributed by atoms with Crippen molar-refractivity contribution in [2.75, 3.05) is 63.2 Å². The molecule has 0 aliphatic carbocycles. The molecule has 1 fully saturated rings. The first-order valence-electron chi connectivity index (χ1n) is 15.0. The molecule has 2 aliphatic rings. The molecule has 3 aromatic carbocycles. The highest BCUT2D eigenvalue weighted by molar-refractivity contribution is 6.31. The molecule has 2 atom stereocenters. The van der Waals surface area contributed by atoms with Crippen molar-refractivity contribution in [3.8, 4) is 0 Å². The number of benzene rings is 3. The molecule has 224 valence electrons. The van der Waals surface area contributed by atoms with Crippen molar-refractivity contribution < 1.29 is 9.59 Å². The number of hydrogen-bond acceptors (Lipinski definition) is 4. The predicted octanol–water partition coefficient (Wildman–Crippen LogP) is 5.03. The lowest BCUT2D eigenvalue weighted by atomic mass is 9.91. The van der Waals surface area contributed by atoms with Crippen LogP contribution in [-0.4, -0.2) is 86.1 Å². The Labute approximate surface area is 258 Å². The van der Waals surface area contributed by atoms with Crippen LogP contribution >= 0.6 is 11.6 Å². The van der Waals surface area contributed by atoms with Crippen molar-refractivity contribution in [2.24, 2.45) is 5.92 Å². The number of carbonyl (C=O) groups is 2. The summed E-state index contributed by atoms with van der Waals surface area (Å²) in [5.41, 5.74) is 5.10. The van der Waals surface area contributed by atoms with Gasteiger partial charge in [0.25, 0.3) is 0 Å². The number of anilines is 2. The summed E-state index contributed by atoms with van der Waals surface area (Å²) >= 11 is 6.44. The number of aromatic amines is 1. The molecular weight excluding hydrogens is 560 g/mol. The maximum absolute atomic E-state index is 14.5. The summed E-state index contributed by atoms with van der Waals surface area (Å²) in [6.45, 7) is 4.08. The number of halogens is 1. The van der Waals surface area contributed by atoms with Crippen LogP contribution in [0.5, 0.6) is 0 Å². The zero-order valence-electron chi connectivity index (χ0n) is 24.8. The Balaban J connectivity index is 1.26. The number of piperazine rings is 1. The fraction of sp³-hybridized carbons (Fsp3) is 0.353. The molecule has 9 heteroatoms. The van der Waals surface area contributed by atoms with Crippen LogP contribution in [0.15, 0.2) is 79.0 Å². The summed E-state index contributed by atoms with van der Waals surface area (Å²) in [7, 11) is 4.11. The third kappa shape index (κ3) is 6.50. The summed E-state index contributed by atoms with van der Waals surface area (Å²) in [6, 6.07) is 23.2. The first kappa shape index (κ1) is 29.1. The summed E-state index contributed by atoms with van der Waals surface area (Å²) < 4.78 is 0. The Kier molecular flexibility index (Phi) is 8.58. The molecule has 0 bridgehead atoms. The number of H-pyrrole nitrogens is 1. The molecule has 1 unspecified atom stereocenters. The van der Waals surface area contributed by atoms with E-state index in [0.717, 1.165) is 59.5 Å². The predicted molar refractivity (Wildman–Crippen MR) is 174 cm³/mol. The van der Waals surface area contributed by atoms with Gasteiger partial charge in [-0.25, -0.2) is 4.79 Å². The third-order valence-corrected chi connectivity index (χ3v) is 8.79. The van der Waals surface area contributed by atoms with Crippen molar-refractivity contribution in [3.05, 3.63) is 95.1 Å². The lowest BCUT2D eigenvalue weighted by Gasteiger charge is -2.39. The number of nitrogens with zero attached hydrogens (tertiary/aromatic N) is 4. The summed E-state index contributed by atoms with van der Waals surface area (Å²) in [5, 5.41) is 4.81. The smallest absolute Gasteiger partial charge is 0.318 e. The van der Waals surface area contributed by atoms with Crippen molar-refractivity contribution >= 4 is 45.8 Å². The van der Waals surface area contributed by atoms with E-state index in [0.29, 0.717) is 31.1 Å². The van der Waals surface area contributed by atoms with Gasteiger partial charge in [0.2, 0.25) is 5.91 Å². The van der Waals surface area contributed by atoms with Gasteiger partial charge in [-0.3, -0.25) is 4.79 Å². The Bertz CT molecular complexity index is 1580. The second-order valence-corrected chi connectivity index (χ2v) is 12.4. The average Bonchev–Trinajstić information content (AvgIpc) is 3.43. The molecule has 3 heterocycles. The lowest BCUT2D eigenvalue weighted by molar-refractivity contribution is -0.120. The SMILES string of the molecule is CN(C)CC1Cc2ccc(Cl)cc2N(C(=O)[C@@H](Cc2c[nH]c3ccccc23)NC(=O)N2CCN(c3ccccc3)CC2)C1. The van der Waals surface area contributed by atoms with Gasteiger partial charge >= 0.3 is 6.03 Å². The largest absolute Gasteiger partial charge is 0.368 e. The minimum absolute atomic E-state index is 0.117.